The van der Waals surface area contributed by atoms with Gasteiger partial charge in [0, 0.05) is 19.7 Å². The molecule has 4 heteroatoms. The number of benzene rings is 1. The summed E-state index contributed by atoms with van der Waals surface area (Å²) in [6.07, 6.45) is 2.09. The number of unbranched alkanes of at least 4 members (excludes halogenated alkanes) is 1. The Labute approximate surface area is 115 Å². The van der Waals surface area contributed by atoms with Gasteiger partial charge in [0.2, 0.25) is 0 Å². The summed E-state index contributed by atoms with van der Waals surface area (Å²) in [6.45, 7) is 6.61. The molecule has 2 N–H and O–H groups in total. The predicted octanol–water partition coefficient (Wildman–Crippen LogP) is 2.82. The van der Waals surface area contributed by atoms with E-state index in [1.54, 1.807) is 0 Å². The van der Waals surface area contributed by atoms with Gasteiger partial charge in [-0.2, -0.15) is 0 Å². The molecule has 0 spiro atoms. The third kappa shape index (κ3) is 6.25. The van der Waals surface area contributed by atoms with Crippen LogP contribution in [0.2, 0.25) is 0 Å². The van der Waals surface area contributed by atoms with Gasteiger partial charge in [0.1, 0.15) is 0 Å². The zero-order valence-corrected chi connectivity index (χ0v) is 11.9. The van der Waals surface area contributed by atoms with Gasteiger partial charge in [-0.1, -0.05) is 37.6 Å². The molecule has 0 heterocycles. The van der Waals surface area contributed by atoms with Crippen molar-refractivity contribution >= 4 is 6.03 Å². The lowest BCUT2D eigenvalue weighted by molar-refractivity contribution is 0.133. The maximum atomic E-state index is 11.6. The van der Waals surface area contributed by atoms with Gasteiger partial charge >= 0.3 is 6.03 Å². The van der Waals surface area contributed by atoms with E-state index in [4.69, 9.17) is 4.74 Å². The van der Waals surface area contributed by atoms with Crippen molar-refractivity contribution < 1.29 is 9.53 Å². The minimum atomic E-state index is -0.111. The molecule has 4 nitrogen and oxygen atoms in total. The van der Waals surface area contributed by atoms with Crippen LogP contribution in [0.1, 0.15) is 37.8 Å². The summed E-state index contributed by atoms with van der Waals surface area (Å²) in [4.78, 5) is 11.6. The van der Waals surface area contributed by atoms with Crippen molar-refractivity contribution in [3.8, 4) is 0 Å². The topological polar surface area (TPSA) is 50.4 Å². The highest BCUT2D eigenvalue weighted by atomic mass is 16.5. The van der Waals surface area contributed by atoms with Crippen molar-refractivity contribution in [3.05, 3.63) is 35.4 Å². The normalized spacial score (nSPS) is 10.2. The molecule has 0 bridgehead atoms. The number of amides is 2. The Morgan fingerprint density at radius 1 is 1.16 bits per heavy atom. The second kappa shape index (κ2) is 9.39. The average molecular weight is 264 g/mol. The highest BCUT2D eigenvalue weighted by Gasteiger charge is 2.04. The van der Waals surface area contributed by atoms with E-state index in [-0.39, 0.29) is 6.03 Å². The van der Waals surface area contributed by atoms with Crippen molar-refractivity contribution in [2.24, 2.45) is 0 Å². The number of ether oxygens (including phenoxy) is 1. The van der Waals surface area contributed by atoms with Crippen molar-refractivity contribution in [1.82, 2.24) is 10.6 Å². The smallest absolute Gasteiger partial charge is 0.315 e. The van der Waals surface area contributed by atoms with E-state index < -0.39 is 0 Å². The van der Waals surface area contributed by atoms with Crippen molar-refractivity contribution in [2.75, 3.05) is 13.2 Å². The summed E-state index contributed by atoms with van der Waals surface area (Å²) in [5.41, 5.74) is 2.22. The lowest BCUT2D eigenvalue weighted by atomic mass is 10.1. The average Bonchev–Trinajstić information content (AvgIpc) is 2.44. The first-order valence-electron chi connectivity index (χ1n) is 6.94. The van der Waals surface area contributed by atoms with Crippen LogP contribution in [0.5, 0.6) is 0 Å². The maximum Gasteiger partial charge on any atom is 0.315 e. The summed E-state index contributed by atoms with van der Waals surface area (Å²) >= 11 is 0. The Morgan fingerprint density at radius 2 is 1.89 bits per heavy atom. The van der Waals surface area contributed by atoms with Gasteiger partial charge in [-0.05, 0) is 24.5 Å². The fraction of sp³-hybridized carbons (Fsp3) is 0.533. The van der Waals surface area contributed by atoms with Gasteiger partial charge in [-0.15, -0.1) is 0 Å². The Bertz CT molecular complexity index is 380. The number of carbonyl (C=O) groups excluding carboxylic acids is 1. The van der Waals surface area contributed by atoms with E-state index >= 15 is 0 Å². The number of hydrogen-bond donors (Lipinski definition) is 2. The summed E-state index contributed by atoms with van der Waals surface area (Å²) in [7, 11) is 0. The van der Waals surface area contributed by atoms with Crippen LogP contribution in [0.3, 0.4) is 0 Å². The standard InChI is InChI=1S/C15H24N2O2/c1-3-5-10-16-15(18)17-11-13-8-6-7-9-14(13)12-19-4-2/h6-9H,3-5,10-12H2,1-2H3,(H2,16,17,18). The number of nitrogens with one attached hydrogen (secondary N) is 2. The first-order chi connectivity index (χ1) is 9.27. The number of rotatable bonds is 8. The Kier molecular flexibility index (Phi) is 7.66. The van der Waals surface area contributed by atoms with Gasteiger partial charge in [-0.3, -0.25) is 0 Å². The third-order valence-corrected chi connectivity index (χ3v) is 2.84. The van der Waals surface area contributed by atoms with Crippen LogP contribution in [0.15, 0.2) is 24.3 Å². The predicted molar refractivity (Wildman–Crippen MR) is 76.9 cm³/mol. The molecule has 0 aliphatic heterocycles. The molecule has 0 radical (unpaired) electrons. The van der Waals surface area contributed by atoms with Crippen LogP contribution >= 0.6 is 0 Å². The lowest BCUT2D eigenvalue weighted by Crippen LogP contribution is -2.35. The van der Waals surface area contributed by atoms with Crippen LogP contribution < -0.4 is 10.6 Å². The molecule has 0 saturated heterocycles. The lowest BCUT2D eigenvalue weighted by Gasteiger charge is -2.11. The second-order valence-corrected chi connectivity index (χ2v) is 4.37. The van der Waals surface area contributed by atoms with E-state index in [0.29, 0.717) is 19.8 Å². The molecule has 19 heavy (non-hydrogen) atoms. The van der Waals surface area contributed by atoms with Crippen LogP contribution in [0.4, 0.5) is 4.79 Å². The Balaban J connectivity index is 2.41. The third-order valence-electron chi connectivity index (χ3n) is 2.84. The summed E-state index contributed by atoms with van der Waals surface area (Å²) in [5.74, 6) is 0. The van der Waals surface area contributed by atoms with Gasteiger partial charge < -0.3 is 15.4 Å². The van der Waals surface area contributed by atoms with Gasteiger partial charge in [-0.25, -0.2) is 4.79 Å². The van der Waals surface area contributed by atoms with Crippen LogP contribution in [-0.4, -0.2) is 19.2 Å². The number of carbonyl (C=O) groups is 1. The SMILES string of the molecule is CCCCNC(=O)NCc1ccccc1COCC. The molecule has 0 aliphatic rings. The zero-order valence-electron chi connectivity index (χ0n) is 11.9. The quantitative estimate of drug-likeness (QED) is 0.709. The number of hydrogen-bond acceptors (Lipinski definition) is 2. The van der Waals surface area contributed by atoms with E-state index in [2.05, 4.69) is 17.6 Å². The molecule has 1 aromatic carbocycles. The molecule has 0 aromatic heterocycles. The van der Waals surface area contributed by atoms with Crippen molar-refractivity contribution in [3.63, 3.8) is 0 Å². The van der Waals surface area contributed by atoms with Crippen molar-refractivity contribution in [2.45, 2.75) is 39.8 Å². The van der Waals surface area contributed by atoms with E-state index in [9.17, 15) is 4.79 Å². The van der Waals surface area contributed by atoms with E-state index in [0.717, 1.165) is 30.5 Å². The summed E-state index contributed by atoms with van der Waals surface area (Å²) in [6, 6.07) is 7.89. The first-order valence-corrected chi connectivity index (χ1v) is 6.94. The monoisotopic (exact) mass is 264 g/mol. The van der Waals surface area contributed by atoms with Gasteiger partial charge in [0.05, 0.1) is 6.61 Å². The molecule has 1 rings (SSSR count). The maximum absolute atomic E-state index is 11.6. The molecular weight excluding hydrogens is 240 g/mol. The Morgan fingerprint density at radius 3 is 2.58 bits per heavy atom. The van der Waals surface area contributed by atoms with Crippen LogP contribution in [0.25, 0.3) is 0 Å². The fourth-order valence-electron chi connectivity index (χ4n) is 1.70. The number of urea groups is 1. The Hall–Kier alpha value is -1.55. The molecule has 106 valence electrons. The molecule has 0 fully saturated rings. The molecule has 0 saturated carbocycles. The van der Waals surface area contributed by atoms with Gasteiger partial charge in [0.25, 0.3) is 0 Å². The fourth-order valence-corrected chi connectivity index (χ4v) is 1.70. The second-order valence-electron chi connectivity index (χ2n) is 4.37. The minimum Gasteiger partial charge on any atom is -0.377 e. The largest absolute Gasteiger partial charge is 0.377 e. The van der Waals surface area contributed by atoms with E-state index in [1.807, 2.05) is 31.2 Å². The highest BCUT2D eigenvalue weighted by molar-refractivity contribution is 5.73. The molecule has 1 aromatic rings. The summed E-state index contributed by atoms with van der Waals surface area (Å²) < 4.78 is 5.42. The molecule has 2 amide bonds. The highest BCUT2D eigenvalue weighted by Crippen LogP contribution is 2.09. The van der Waals surface area contributed by atoms with Crippen molar-refractivity contribution in [1.29, 1.82) is 0 Å². The molecule has 0 atom stereocenters. The van der Waals surface area contributed by atoms with Crippen LogP contribution in [-0.2, 0) is 17.9 Å². The molecule has 0 unspecified atom stereocenters. The molecule has 0 aliphatic carbocycles. The molecular formula is C15H24N2O2. The van der Waals surface area contributed by atoms with Gasteiger partial charge in [0.15, 0.2) is 0 Å². The van der Waals surface area contributed by atoms with E-state index in [1.165, 1.54) is 0 Å². The first kappa shape index (κ1) is 15.5. The summed E-state index contributed by atoms with van der Waals surface area (Å²) in [5, 5.41) is 5.70. The van der Waals surface area contributed by atoms with Crippen LogP contribution in [0, 0.1) is 0 Å². The zero-order chi connectivity index (χ0) is 13.9. The minimum absolute atomic E-state index is 0.111.